The van der Waals surface area contributed by atoms with Crippen molar-refractivity contribution in [3.8, 4) is 5.75 Å². The van der Waals surface area contributed by atoms with Gasteiger partial charge in [0.1, 0.15) is 5.75 Å². The van der Waals surface area contributed by atoms with E-state index in [1.54, 1.807) is 0 Å². The Hall–Kier alpha value is -2.17. The average Bonchev–Trinajstić information content (AvgIpc) is 2.45. The van der Waals surface area contributed by atoms with Crippen LogP contribution in [0.3, 0.4) is 0 Å². The minimum atomic E-state index is -1.47. The van der Waals surface area contributed by atoms with Gasteiger partial charge in [-0.05, 0) is 19.9 Å². The lowest BCUT2D eigenvalue weighted by Gasteiger charge is -2.19. The van der Waals surface area contributed by atoms with Gasteiger partial charge in [-0.3, -0.25) is 0 Å². The summed E-state index contributed by atoms with van der Waals surface area (Å²) in [6.45, 7) is 4.22. The molecular weight excluding hydrogens is 279 g/mol. The van der Waals surface area contributed by atoms with Gasteiger partial charge in [-0.25, -0.2) is 13.2 Å². The van der Waals surface area contributed by atoms with Gasteiger partial charge >= 0.3 is 0 Å². The fraction of sp³-hybridized carbons (Fsp3) is 0.250. The third kappa shape index (κ3) is 3.48. The first-order chi connectivity index (χ1) is 10.0. The van der Waals surface area contributed by atoms with E-state index in [0.29, 0.717) is 12.4 Å². The molecule has 1 N–H and O–H groups in total. The molecule has 0 saturated heterocycles. The lowest BCUT2D eigenvalue weighted by atomic mass is 10.1. The van der Waals surface area contributed by atoms with Crippen molar-refractivity contribution in [3.63, 3.8) is 0 Å². The normalized spacial score (nSPS) is 12.0. The quantitative estimate of drug-likeness (QED) is 0.809. The zero-order valence-electron chi connectivity index (χ0n) is 11.8. The smallest absolute Gasteiger partial charge is 0.194 e. The number of rotatable bonds is 5. The molecule has 0 aromatic heterocycles. The molecule has 0 bridgehead atoms. The van der Waals surface area contributed by atoms with E-state index in [1.807, 2.05) is 38.1 Å². The lowest BCUT2D eigenvalue weighted by molar-refractivity contribution is 0.335. The maximum absolute atomic E-state index is 13.2. The van der Waals surface area contributed by atoms with Crippen molar-refractivity contribution >= 4 is 5.69 Å². The second-order valence-corrected chi connectivity index (χ2v) is 4.59. The van der Waals surface area contributed by atoms with Crippen LogP contribution in [-0.4, -0.2) is 6.61 Å². The van der Waals surface area contributed by atoms with Crippen LogP contribution in [0, 0.1) is 17.5 Å². The third-order valence-electron chi connectivity index (χ3n) is 3.05. The van der Waals surface area contributed by atoms with Crippen LogP contribution in [0.1, 0.15) is 25.5 Å². The van der Waals surface area contributed by atoms with Crippen molar-refractivity contribution in [2.75, 3.05) is 11.9 Å². The molecule has 2 rings (SSSR count). The van der Waals surface area contributed by atoms with Gasteiger partial charge in [-0.1, -0.05) is 18.2 Å². The van der Waals surface area contributed by atoms with Gasteiger partial charge in [0.2, 0.25) is 0 Å². The van der Waals surface area contributed by atoms with E-state index in [2.05, 4.69) is 5.32 Å². The topological polar surface area (TPSA) is 21.3 Å². The van der Waals surface area contributed by atoms with Crippen molar-refractivity contribution in [2.24, 2.45) is 0 Å². The Kier molecular flexibility index (Phi) is 4.73. The third-order valence-corrected chi connectivity index (χ3v) is 3.05. The van der Waals surface area contributed by atoms with Crippen molar-refractivity contribution in [2.45, 2.75) is 19.9 Å². The predicted molar refractivity (Wildman–Crippen MR) is 76.0 cm³/mol. The maximum atomic E-state index is 13.2. The van der Waals surface area contributed by atoms with E-state index in [9.17, 15) is 13.2 Å². The molecule has 0 fully saturated rings. The van der Waals surface area contributed by atoms with E-state index in [4.69, 9.17) is 4.74 Å². The molecule has 0 heterocycles. The first kappa shape index (κ1) is 15.2. The monoisotopic (exact) mass is 295 g/mol. The molecule has 1 unspecified atom stereocenters. The van der Waals surface area contributed by atoms with Gasteiger partial charge in [-0.2, -0.15) is 0 Å². The number of anilines is 1. The number of hydrogen-bond donors (Lipinski definition) is 1. The van der Waals surface area contributed by atoms with Crippen LogP contribution in [0.4, 0.5) is 18.9 Å². The first-order valence-electron chi connectivity index (χ1n) is 6.65. The summed E-state index contributed by atoms with van der Waals surface area (Å²) in [5.41, 5.74) is 1.02. The van der Waals surface area contributed by atoms with E-state index in [1.165, 1.54) is 0 Å². The van der Waals surface area contributed by atoms with Gasteiger partial charge in [0.25, 0.3) is 0 Å². The summed E-state index contributed by atoms with van der Waals surface area (Å²) in [7, 11) is 0. The van der Waals surface area contributed by atoms with Gasteiger partial charge < -0.3 is 10.1 Å². The van der Waals surface area contributed by atoms with Crippen LogP contribution in [0.5, 0.6) is 5.75 Å². The number of para-hydroxylation sites is 1. The van der Waals surface area contributed by atoms with Gasteiger partial charge in [0.05, 0.1) is 12.6 Å². The predicted octanol–water partition coefficient (Wildman–Crippen LogP) is 4.68. The number of hydrogen-bond acceptors (Lipinski definition) is 2. The van der Waals surface area contributed by atoms with Gasteiger partial charge in [0.15, 0.2) is 17.5 Å². The zero-order chi connectivity index (χ0) is 15.4. The fourth-order valence-electron chi connectivity index (χ4n) is 2.09. The Labute approximate surface area is 121 Å². The van der Waals surface area contributed by atoms with Crippen LogP contribution in [-0.2, 0) is 0 Å². The standard InChI is InChI=1S/C16H16F3NO/c1-3-21-15-7-5-4-6-12(15)10(2)20-11-8-13(17)16(19)14(18)9-11/h4-10,20H,3H2,1-2H3. The van der Waals surface area contributed by atoms with Crippen LogP contribution in [0.15, 0.2) is 36.4 Å². The van der Waals surface area contributed by atoms with Crippen molar-refractivity contribution < 1.29 is 17.9 Å². The minimum absolute atomic E-state index is 0.171. The minimum Gasteiger partial charge on any atom is -0.494 e. The Morgan fingerprint density at radius 2 is 1.71 bits per heavy atom. The average molecular weight is 295 g/mol. The van der Waals surface area contributed by atoms with Crippen molar-refractivity contribution in [1.29, 1.82) is 0 Å². The Morgan fingerprint density at radius 3 is 2.33 bits per heavy atom. The number of halogens is 3. The lowest BCUT2D eigenvalue weighted by Crippen LogP contribution is -2.09. The molecule has 5 heteroatoms. The second kappa shape index (κ2) is 6.52. The highest BCUT2D eigenvalue weighted by Crippen LogP contribution is 2.28. The van der Waals surface area contributed by atoms with Gasteiger partial charge in [-0.15, -0.1) is 0 Å². The van der Waals surface area contributed by atoms with Gasteiger partial charge in [0, 0.05) is 23.4 Å². The summed E-state index contributed by atoms with van der Waals surface area (Å²) in [6.07, 6.45) is 0. The van der Waals surface area contributed by atoms with E-state index in [0.717, 1.165) is 17.7 Å². The van der Waals surface area contributed by atoms with Crippen molar-refractivity contribution in [3.05, 3.63) is 59.4 Å². The number of benzene rings is 2. The molecule has 2 nitrogen and oxygen atoms in total. The highest BCUT2D eigenvalue weighted by atomic mass is 19.2. The molecule has 0 radical (unpaired) electrons. The number of ether oxygens (including phenoxy) is 1. The summed E-state index contributed by atoms with van der Waals surface area (Å²) in [5.74, 6) is -3.21. The SMILES string of the molecule is CCOc1ccccc1C(C)Nc1cc(F)c(F)c(F)c1. The molecule has 0 spiro atoms. The van der Waals surface area contributed by atoms with E-state index < -0.39 is 17.5 Å². The second-order valence-electron chi connectivity index (χ2n) is 4.59. The van der Waals surface area contributed by atoms with E-state index in [-0.39, 0.29) is 11.7 Å². The molecule has 0 amide bonds. The Balaban J connectivity index is 2.24. The molecule has 2 aromatic rings. The molecule has 0 aliphatic rings. The highest BCUT2D eigenvalue weighted by Gasteiger charge is 2.14. The molecule has 0 aliphatic carbocycles. The molecule has 21 heavy (non-hydrogen) atoms. The molecule has 2 aromatic carbocycles. The van der Waals surface area contributed by atoms with Crippen LogP contribution < -0.4 is 10.1 Å². The Morgan fingerprint density at radius 1 is 1.10 bits per heavy atom. The largest absolute Gasteiger partial charge is 0.494 e. The molecule has 112 valence electrons. The summed E-state index contributed by atoms with van der Waals surface area (Å²) >= 11 is 0. The Bertz CT molecular complexity index is 608. The molecular formula is C16H16F3NO. The fourth-order valence-corrected chi connectivity index (χ4v) is 2.09. The van der Waals surface area contributed by atoms with Crippen LogP contribution >= 0.6 is 0 Å². The van der Waals surface area contributed by atoms with Crippen molar-refractivity contribution in [1.82, 2.24) is 0 Å². The number of nitrogens with one attached hydrogen (secondary N) is 1. The summed E-state index contributed by atoms with van der Waals surface area (Å²) < 4.78 is 44.9. The summed E-state index contributed by atoms with van der Waals surface area (Å²) in [6, 6.07) is 8.98. The van der Waals surface area contributed by atoms with Crippen LogP contribution in [0.2, 0.25) is 0 Å². The highest BCUT2D eigenvalue weighted by molar-refractivity contribution is 5.48. The summed E-state index contributed by atoms with van der Waals surface area (Å²) in [4.78, 5) is 0. The maximum Gasteiger partial charge on any atom is 0.194 e. The summed E-state index contributed by atoms with van der Waals surface area (Å²) in [5, 5.41) is 2.94. The zero-order valence-corrected chi connectivity index (χ0v) is 11.8. The molecule has 0 aliphatic heterocycles. The first-order valence-corrected chi connectivity index (χ1v) is 6.65. The van der Waals surface area contributed by atoms with Crippen LogP contribution in [0.25, 0.3) is 0 Å². The molecule has 0 saturated carbocycles. The molecule has 1 atom stereocenters. The van der Waals surface area contributed by atoms with E-state index >= 15 is 0 Å².